The molecule has 0 bridgehead atoms. The molecule has 0 aliphatic rings. The summed E-state index contributed by atoms with van der Waals surface area (Å²) in [5, 5.41) is 1.31. The Labute approximate surface area is 142 Å². The molecule has 0 fully saturated rings. The highest BCUT2D eigenvalue weighted by atomic mass is 16.5. The van der Waals surface area contributed by atoms with Gasteiger partial charge in [0, 0.05) is 17.1 Å². The van der Waals surface area contributed by atoms with E-state index in [1.807, 2.05) is 43.3 Å². The predicted molar refractivity (Wildman–Crippen MR) is 94.5 cm³/mol. The lowest BCUT2D eigenvalue weighted by Gasteiger charge is -2.06. The van der Waals surface area contributed by atoms with Crippen LogP contribution in [0.25, 0.3) is 21.8 Å². The lowest BCUT2D eigenvalue weighted by molar-refractivity contribution is 0.0464. The first-order chi connectivity index (χ1) is 12.1. The Morgan fingerprint density at radius 1 is 1.12 bits per heavy atom. The molecular weight excluding hydrogens is 318 g/mol. The van der Waals surface area contributed by atoms with E-state index in [0.717, 1.165) is 16.5 Å². The second kappa shape index (κ2) is 5.90. The molecule has 4 rings (SSSR count). The van der Waals surface area contributed by atoms with Crippen molar-refractivity contribution >= 4 is 27.8 Å². The summed E-state index contributed by atoms with van der Waals surface area (Å²) in [4.78, 5) is 34.6. The third-order valence-electron chi connectivity index (χ3n) is 4.14. The van der Waals surface area contributed by atoms with Gasteiger partial charge in [-0.2, -0.15) is 0 Å². The molecule has 0 saturated carbocycles. The van der Waals surface area contributed by atoms with E-state index in [0.29, 0.717) is 22.3 Å². The number of aromatic amines is 2. The largest absolute Gasteiger partial charge is 0.454 e. The average molecular weight is 333 g/mol. The maximum atomic E-state index is 12.3. The van der Waals surface area contributed by atoms with Gasteiger partial charge in [-0.3, -0.25) is 4.79 Å². The number of fused-ring (bicyclic) bond motifs is 2. The molecule has 25 heavy (non-hydrogen) atoms. The fraction of sp³-hybridized carbons (Fsp3) is 0.105. The fourth-order valence-corrected chi connectivity index (χ4v) is 2.87. The number of carbonyl (C=O) groups excluding carboxylic acids is 1. The lowest BCUT2D eigenvalue weighted by Crippen LogP contribution is -2.15. The Bertz CT molecular complexity index is 1160. The number of hydrogen-bond acceptors (Lipinski definition) is 4. The van der Waals surface area contributed by atoms with Crippen molar-refractivity contribution in [1.82, 2.24) is 15.0 Å². The van der Waals surface area contributed by atoms with E-state index >= 15 is 0 Å². The minimum atomic E-state index is -0.468. The van der Waals surface area contributed by atoms with Crippen LogP contribution < -0.4 is 5.56 Å². The molecule has 6 nitrogen and oxygen atoms in total. The fourth-order valence-electron chi connectivity index (χ4n) is 2.87. The molecule has 0 radical (unpaired) electrons. The smallest absolute Gasteiger partial charge is 0.340 e. The van der Waals surface area contributed by atoms with E-state index in [4.69, 9.17) is 4.74 Å². The highest BCUT2D eigenvalue weighted by Crippen LogP contribution is 2.19. The number of hydrogen-bond donors (Lipinski definition) is 2. The van der Waals surface area contributed by atoms with Gasteiger partial charge in [-0.05, 0) is 24.6 Å². The molecule has 2 aromatic carbocycles. The second-order valence-corrected chi connectivity index (χ2v) is 5.81. The topological polar surface area (TPSA) is 87.8 Å². The molecular formula is C19H15N3O3. The first kappa shape index (κ1) is 15.1. The van der Waals surface area contributed by atoms with Gasteiger partial charge in [0.15, 0.2) is 0 Å². The van der Waals surface area contributed by atoms with Crippen LogP contribution in [0.4, 0.5) is 0 Å². The standard InChI is InChI=1S/C19H15N3O3/c1-11-5-4-7-13-17(11)21-16(22-18(13)23)10-25-19(24)14-9-20-15-8-3-2-6-12(14)15/h2-9,20H,10H2,1H3,(H,21,22,23). The molecule has 2 aromatic heterocycles. The van der Waals surface area contributed by atoms with Crippen LogP contribution >= 0.6 is 0 Å². The Morgan fingerprint density at radius 2 is 1.92 bits per heavy atom. The van der Waals surface area contributed by atoms with E-state index in [1.165, 1.54) is 0 Å². The van der Waals surface area contributed by atoms with Crippen molar-refractivity contribution in [3.05, 3.63) is 76.0 Å². The van der Waals surface area contributed by atoms with E-state index in [-0.39, 0.29) is 12.2 Å². The minimum absolute atomic E-state index is 0.0994. The number of aryl methyl sites for hydroxylation is 1. The molecule has 0 aliphatic heterocycles. The number of benzene rings is 2. The maximum absolute atomic E-state index is 12.3. The van der Waals surface area contributed by atoms with Crippen molar-refractivity contribution in [3.8, 4) is 0 Å². The normalized spacial score (nSPS) is 11.1. The lowest BCUT2D eigenvalue weighted by atomic mass is 10.1. The van der Waals surface area contributed by atoms with E-state index in [2.05, 4.69) is 15.0 Å². The first-order valence-corrected chi connectivity index (χ1v) is 7.85. The van der Waals surface area contributed by atoms with Crippen molar-refractivity contribution in [2.75, 3.05) is 0 Å². The van der Waals surface area contributed by atoms with Crippen molar-refractivity contribution in [3.63, 3.8) is 0 Å². The molecule has 6 heteroatoms. The summed E-state index contributed by atoms with van der Waals surface area (Å²) in [5.41, 5.74) is 2.58. The van der Waals surface area contributed by atoms with Gasteiger partial charge in [-0.15, -0.1) is 0 Å². The molecule has 0 saturated heterocycles. The summed E-state index contributed by atoms with van der Waals surface area (Å²) >= 11 is 0. The van der Waals surface area contributed by atoms with Gasteiger partial charge in [0.05, 0.1) is 16.5 Å². The highest BCUT2D eigenvalue weighted by molar-refractivity contribution is 6.03. The number of ether oxygens (including phenoxy) is 1. The van der Waals surface area contributed by atoms with Crippen LogP contribution in [0.3, 0.4) is 0 Å². The zero-order valence-electron chi connectivity index (χ0n) is 13.5. The third kappa shape index (κ3) is 2.67. The van der Waals surface area contributed by atoms with Crippen molar-refractivity contribution in [1.29, 1.82) is 0 Å². The molecule has 0 aliphatic carbocycles. The van der Waals surface area contributed by atoms with E-state index in [9.17, 15) is 9.59 Å². The molecule has 0 spiro atoms. The minimum Gasteiger partial charge on any atom is -0.454 e. The number of esters is 1. The summed E-state index contributed by atoms with van der Waals surface area (Å²) < 4.78 is 5.33. The number of para-hydroxylation sites is 2. The second-order valence-electron chi connectivity index (χ2n) is 5.81. The summed E-state index contributed by atoms with van der Waals surface area (Å²) in [6.45, 7) is 1.79. The Morgan fingerprint density at radius 3 is 2.80 bits per heavy atom. The van der Waals surface area contributed by atoms with Crippen LogP contribution in [-0.4, -0.2) is 20.9 Å². The number of nitrogens with zero attached hydrogens (tertiary/aromatic N) is 1. The van der Waals surface area contributed by atoms with Crippen LogP contribution in [0.2, 0.25) is 0 Å². The van der Waals surface area contributed by atoms with Gasteiger partial charge < -0.3 is 14.7 Å². The van der Waals surface area contributed by atoms with Crippen LogP contribution in [0.15, 0.2) is 53.5 Å². The highest BCUT2D eigenvalue weighted by Gasteiger charge is 2.14. The van der Waals surface area contributed by atoms with Crippen molar-refractivity contribution in [2.24, 2.45) is 0 Å². The molecule has 0 atom stereocenters. The number of rotatable bonds is 3. The third-order valence-corrected chi connectivity index (χ3v) is 4.14. The van der Waals surface area contributed by atoms with Crippen LogP contribution in [0.5, 0.6) is 0 Å². The molecule has 0 amide bonds. The van der Waals surface area contributed by atoms with Gasteiger partial charge in [0.2, 0.25) is 0 Å². The first-order valence-electron chi connectivity index (χ1n) is 7.85. The average Bonchev–Trinajstić information content (AvgIpc) is 3.05. The van der Waals surface area contributed by atoms with Crippen LogP contribution in [0, 0.1) is 6.92 Å². The summed E-state index contributed by atoms with van der Waals surface area (Å²) in [6.07, 6.45) is 1.62. The van der Waals surface area contributed by atoms with Crippen LogP contribution in [-0.2, 0) is 11.3 Å². The van der Waals surface area contributed by atoms with E-state index in [1.54, 1.807) is 12.3 Å². The van der Waals surface area contributed by atoms with Gasteiger partial charge in [-0.25, -0.2) is 9.78 Å². The zero-order chi connectivity index (χ0) is 17.4. The monoisotopic (exact) mass is 333 g/mol. The Kier molecular flexibility index (Phi) is 3.57. The van der Waals surface area contributed by atoms with E-state index < -0.39 is 5.97 Å². The van der Waals surface area contributed by atoms with Gasteiger partial charge in [0.25, 0.3) is 5.56 Å². The summed E-state index contributed by atoms with van der Waals surface area (Å²) in [6, 6.07) is 12.9. The van der Waals surface area contributed by atoms with Gasteiger partial charge >= 0.3 is 5.97 Å². The van der Waals surface area contributed by atoms with Gasteiger partial charge in [0.1, 0.15) is 12.4 Å². The van der Waals surface area contributed by atoms with Gasteiger partial charge in [-0.1, -0.05) is 30.3 Å². The summed E-state index contributed by atoms with van der Waals surface area (Å²) in [7, 11) is 0. The van der Waals surface area contributed by atoms with Crippen LogP contribution in [0.1, 0.15) is 21.7 Å². The predicted octanol–water partition coefficient (Wildman–Crippen LogP) is 3.07. The molecule has 2 heterocycles. The SMILES string of the molecule is Cc1cccc2c(=O)[nH]c(COC(=O)c3c[nH]c4ccccc34)nc12. The molecule has 4 aromatic rings. The molecule has 124 valence electrons. The number of aromatic nitrogens is 3. The number of carbonyl (C=O) groups is 1. The molecule has 0 unspecified atom stereocenters. The maximum Gasteiger partial charge on any atom is 0.340 e. The van der Waals surface area contributed by atoms with Crippen molar-refractivity contribution < 1.29 is 9.53 Å². The number of nitrogens with one attached hydrogen (secondary N) is 2. The zero-order valence-corrected chi connectivity index (χ0v) is 13.5. The van der Waals surface area contributed by atoms with Crippen molar-refractivity contribution in [2.45, 2.75) is 13.5 Å². The Hall–Kier alpha value is -3.41. The number of H-pyrrole nitrogens is 2. The Balaban J connectivity index is 1.61. The summed E-state index contributed by atoms with van der Waals surface area (Å²) in [5.74, 6) is -0.148. The quantitative estimate of drug-likeness (QED) is 0.564. The molecule has 2 N–H and O–H groups in total.